The van der Waals surface area contributed by atoms with E-state index in [0.717, 1.165) is 23.3 Å². The zero-order valence-electron chi connectivity index (χ0n) is 16.5. The maximum Gasteiger partial charge on any atom is 0.282 e. The topological polar surface area (TPSA) is 101 Å². The molecule has 1 aliphatic carbocycles. The van der Waals surface area contributed by atoms with Crippen molar-refractivity contribution in [2.45, 2.75) is 32.4 Å². The highest BCUT2D eigenvalue weighted by Gasteiger charge is 2.43. The number of hydrogen-bond donors (Lipinski definition) is 0. The third-order valence-corrected chi connectivity index (χ3v) is 5.78. The van der Waals surface area contributed by atoms with Crippen LogP contribution in [0.5, 0.6) is 0 Å². The van der Waals surface area contributed by atoms with Crippen molar-refractivity contribution in [2.24, 2.45) is 5.92 Å². The first-order chi connectivity index (χ1) is 14.4. The van der Waals surface area contributed by atoms with Crippen molar-refractivity contribution in [1.82, 2.24) is 9.80 Å². The first kappa shape index (κ1) is 19.8. The van der Waals surface area contributed by atoms with Gasteiger partial charge in [0, 0.05) is 18.7 Å². The molecule has 0 saturated heterocycles. The van der Waals surface area contributed by atoms with Gasteiger partial charge in [0.25, 0.3) is 17.5 Å². The molecule has 1 heterocycles. The zero-order chi connectivity index (χ0) is 21.4. The molecule has 8 nitrogen and oxygen atoms in total. The molecule has 0 bridgehead atoms. The van der Waals surface area contributed by atoms with Crippen LogP contribution >= 0.6 is 0 Å². The lowest BCUT2D eigenvalue weighted by Crippen LogP contribution is -2.46. The Bertz CT molecular complexity index is 1030. The second-order valence-corrected chi connectivity index (χ2v) is 7.74. The largest absolute Gasteiger partial charge is 0.334 e. The average Bonchev–Trinajstić information content (AvgIpc) is 3.56. The first-order valence-corrected chi connectivity index (χ1v) is 9.85. The number of fused-ring (bicyclic) bond motifs is 1. The highest BCUT2D eigenvalue weighted by molar-refractivity contribution is 6.24. The number of nitrogens with zero attached hydrogens (tertiary/aromatic N) is 3. The summed E-state index contributed by atoms with van der Waals surface area (Å²) in [6.45, 7) is 1.92. The van der Waals surface area contributed by atoms with E-state index < -0.39 is 29.0 Å². The highest BCUT2D eigenvalue weighted by Crippen LogP contribution is 2.36. The van der Waals surface area contributed by atoms with Crippen molar-refractivity contribution in [3.8, 4) is 0 Å². The third kappa shape index (κ3) is 3.56. The molecule has 1 atom stereocenters. The van der Waals surface area contributed by atoms with Crippen LogP contribution in [0.1, 0.15) is 46.0 Å². The van der Waals surface area contributed by atoms with Crippen LogP contribution < -0.4 is 0 Å². The zero-order valence-corrected chi connectivity index (χ0v) is 16.5. The summed E-state index contributed by atoms with van der Waals surface area (Å²) in [4.78, 5) is 51.8. The number of carbonyl (C=O) groups is 3. The Hall–Kier alpha value is -3.55. The SMILES string of the molecule is CC(C1CC1)N(Cc1ccccc1)C(=O)CN1C(=O)c2cccc([N+](=O)[O-])c2C1=O. The molecule has 2 aromatic rings. The van der Waals surface area contributed by atoms with Gasteiger partial charge in [-0.25, -0.2) is 0 Å². The normalized spacial score (nSPS) is 16.4. The number of nitro groups is 1. The molecule has 1 saturated carbocycles. The monoisotopic (exact) mass is 407 g/mol. The number of carbonyl (C=O) groups excluding carboxylic acids is 3. The summed E-state index contributed by atoms with van der Waals surface area (Å²) < 4.78 is 0. The number of benzene rings is 2. The van der Waals surface area contributed by atoms with Crippen LogP contribution in [0.25, 0.3) is 0 Å². The average molecular weight is 407 g/mol. The fraction of sp³-hybridized carbons (Fsp3) is 0.318. The van der Waals surface area contributed by atoms with Gasteiger partial charge in [0.1, 0.15) is 12.1 Å². The fourth-order valence-corrected chi connectivity index (χ4v) is 3.91. The molecule has 0 N–H and O–H groups in total. The Morgan fingerprint density at radius 1 is 1.13 bits per heavy atom. The summed E-state index contributed by atoms with van der Waals surface area (Å²) in [5, 5.41) is 11.3. The minimum atomic E-state index is -0.797. The van der Waals surface area contributed by atoms with Gasteiger partial charge in [-0.15, -0.1) is 0 Å². The van der Waals surface area contributed by atoms with E-state index in [9.17, 15) is 24.5 Å². The second kappa shape index (κ2) is 7.70. The maximum atomic E-state index is 13.2. The Balaban J connectivity index is 1.58. The molecule has 0 aromatic heterocycles. The molecule has 8 heteroatoms. The molecule has 1 aliphatic heterocycles. The van der Waals surface area contributed by atoms with Gasteiger partial charge in [-0.2, -0.15) is 0 Å². The van der Waals surface area contributed by atoms with Crippen molar-refractivity contribution in [1.29, 1.82) is 0 Å². The van der Waals surface area contributed by atoms with Crippen LogP contribution in [0.15, 0.2) is 48.5 Å². The predicted molar refractivity (Wildman–Crippen MR) is 108 cm³/mol. The summed E-state index contributed by atoms with van der Waals surface area (Å²) in [5.41, 5.74) is 0.252. The van der Waals surface area contributed by atoms with E-state index in [-0.39, 0.29) is 23.1 Å². The van der Waals surface area contributed by atoms with Gasteiger partial charge < -0.3 is 4.90 Å². The van der Waals surface area contributed by atoms with Gasteiger partial charge in [0.2, 0.25) is 5.91 Å². The van der Waals surface area contributed by atoms with E-state index in [0.29, 0.717) is 12.5 Å². The number of hydrogen-bond acceptors (Lipinski definition) is 5. The summed E-state index contributed by atoms with van der Waals surface area (Å²) >= 11 is 0. The molecule has 1 unspecified atom stereocenters. The van der Waals surface area contributed by atoms with E-state index in [1.54, 1.807) is 4.90 Å². The number of amides is 3. The minimum Gasteiger partial charge on any atom is -0.334 e. The summed E-state index contributed by atoms with van der Waals surface area (Å²) in [7, 11) is 0. The summed E-state index contributed by atoms with van der Waals surface area (Å²) in [6.07, 6.45) is 2.08. The van der Waals surface area contributed by atoms with E-state index in [1.165, 1.54) is 18.2 Å². The predicted octanol–water partition coefficient (Wildman–Crippen LogP) is 3.02. The molecule has 2 aliphatic rings. The number of imide groups is 1. The second-order valence-electron chi connectivity index (χ2n) is 7.74. The van der Waals surface area contributed by atoms with Crippen LogP contribution in [-0.2, 0) is 11.3 Å². The standard InChI is InChI=1S/C22H21N3O5/c1-14(16-10-11-16)23(12-15-6-3-2-4-7-15)19(26)13-24-21(27)17-8-5-9-18(25(29)30)20(17)22(24)28/h2-9,14,16H,10-13H2,1H3. The molecule has 1 fully saturated rings. The van der Waals surface area contributed by atoms with Crippen LogP contribution in [-0.4, -0.2) is 45.0 Å². The lowest BCUT2D eigenvalue weighted by Gasteiger charge is -2.31. The van der Waals surface area contributed by atoms with E-state index in [4.69, 9.17) is 0 Å². The van der Waals surface area contributed by atoms with Crippen molar-refractivity contribution < 1.29 is 19.3 Å². The molecule has 4 rings (SSSR count). The molecule has 2 aromatic carbocycles. The molecule has 0 radical (unpaired) electrons. The van der Waals surface area contributed by atoms with Crippen LogP contribution in [0.3, 0.4) is 0 Å². The summed E-state index contributed by atoms with van der Waals surface area (Å²) in [5.74, 6) is -1.42. The lowest BCUT2D eigenvalue weighted by atomic mass is 10.1. The lowest BCUT2D eigenvalue weighted by molar-refractivity contribution is -0.385. The van der Waals surface area contributed by atoms with Crippen molar-refractivity contribution in [2.75, 3.05) is 6.54 Å². The third-order valence-electron chi connectivity index (χ3n) is 5.78. The van der Waals surface area contributed by atoms with Crippen LogP contribution in [0, 0.1) is 16.0 Å². The van der Waals surface area contributed by atoms with E-state index in [1.807, 2.05) is 37.3 Å². The molecular formula is C22H21N3O5. The molecule has 3 amide bonds. The summed E-state index contributed by atoms with van der Waals surface area (Å²) in [6, 6.07) is 13.4. The highest BCUT2D eigenvalue weighted by atomic mass is 16.6. The van der Waals surface area contributed by atoms with E-state index >= 15 is 0 Å². The van der Waals surface area contributed by atoms with Crippen molar-refractivity contribution >= 4 is 23.4 Å². The van der Waals surface area contributed by atoms with Gasteiger partial charge in [-0.1, -0.05) is 36.4 Å². The maximum absolute atomic E-state index is 13.2. The number of nitro benzene ring substituents is 1. The number of rotatable bonds is 7. The molecule has 0 spiro atoms. The first-order valence-electron chi connectivity index (χ1n) is 9.85. The minimum absolute atomic E-state index is 0.0257. The van der Waals surface area contributed by atoms with Gasteiger partial charge in [-0.3, -0.25) is 29.4 Å². The Labute approximate surface area is 173 Å². The molecular weight excluding hydrogens is 386 g/mol. The van der Waals surface area contributed by atoms with Crippen molar-refractivity contribution in [3.63, 3.8) is 0 Å². The quantitative estimate of drug-likeness (QED) is 0.399. The van der Waals surface area contributed by atoms with Gasteiger partial charge in [-0.05, 0) is 37.3 Å². The Morgan fingerprint density at radius 3 is 2.47 bits per heavy atom. The van der Waals surface area contributed by atoms with Crippen molar-refractivity contribution in [3.05, 3.63) is 75.3 Å². The van der Waals surface area contributed by atoms with Crippen LogP contribution in [0.2, 0.25) is 0 Å². The van der Waals surface area contributed by atoms with Gasteiger partial charge in [0.05, 0.1) is 10.5 Å². The van der Waals surface area contributed by atoms with E-state index in [2.05, 4.69) is 0 Å². The smallest absolute Gasteiger partial charge is 0.282 e. The molecule has 154 valence electrons. The molecule has 30 heavy (non-hydrogen) atoms. The Kier molecular flexibility index (Phi) is 5.07. The van der Waals surface area contributed by atoms with Crippen LogP contribution in [0.4, 0.5) is 5.69 Å². The fourth-order valence-electron chi connectivity index (χ4n) is 3.91. The Morgan fingerprint density at radius 2 is 1.83 bits per heavy atom. The van der Waals surface area contributed by atoms with Gasteiger partial charge >= 0.3 is 0 Å². The van der Waals surface area contributed by atoms with Gasteiger partial charge in [0.15, 0.2) is 0 Å².